The molecule has 0 amide bonds. The van der Waals surface area contributed by atoms with Gasteiger partial charge in [-0.3, -0.25) is 0 Å². The molecule has 36 heavy (non-hydrogen) atoms. The molecule has 192 valence electrons. The lowest BCUT2D eigenvalue weighted by Crippen LogP contribution is -2.28. The van der Waals surface area contributed by atoms with Crippen LogP contribution in [-0.2, 0) is 20.2 Å². The molecule has 0 N–H and O–H groups in total. The van der Waals surface area contributed by atoms with Gasteiger partial charge in [-0.25, -0.2) is 0 Å². The number of rotatable bonds is 4. The van der Waals surface area contributed by atoms with Gasteiger partial charge in [-0.05, 0) is 45.8 Å². The zero-order valence-corrected chi connectivity index (χ0v) is 19.2. The predicted molar refractivity (Wildman–Crippen MR) is 119 cm³/mol. The minimum absolute atomic E-state index is 0.369. The van der Waals surface area contributed by atoms with Crippen LogP contribution in [0.3, 0.4) is 0 Å². The van der Waals surface area contributed by atoms with E-state index in [4.69, 9.17) is 0 Å². The number of alkyl halides is 6. The Morgan fingerprint density at radius 1 is 0.472 bits per heavy atom. The fourth-order valence-corrected chi connectivity index (χ4v) is 3.69. The molecule has 0 spiro atoms. The van der Waals surface area contributed by atoms with Crippen molar-refractivity contribution in [3.63, 3.8) is 0 Å². The molecule has 0 saturated carbocycles. The van der Waals surface area contributed by atoms with Crippen molar-refractivity contribution >= 4 is 41.8 Å². The zero-order chi connectivity index (χ0) is 26.8. The van der Waals surface area contributed by atoms with Gasteiger partial charge in [0.25, 0.3) is 0 Å². The van der Waals surface area contributed by atoms with E-state index in [1.54, 1.807) is 48.5 Å². The van der Waals surface area contributed by atoms with Crippen LogP contribution >= 0.6 is 0 Å². The summed E-state index contributed by atoms with van der Waals surface area (Å²) in [5.41, 5.74) is -10.9. The van der Waals surface area contributed by atoms with E-state index in [0.29, 0.717) is 10.8 Å². The van der Waals surface area contributed by atoms with Crippen LogP contribution in [0.1, 0.15) is 0 Å². The Morgan fingerprint density at radius 3 is 1.08 bits per heavy atom. The lowest BCUT2D eigenvalue weighted by atomic mass is 10.1. The number of fused-ring (bicyclic) bond motifs is 2. The van der Waals surface area contributed by atoms with Crippen LogP contribution in [0.4, 0.5) is 26.3 Å². The van der Waals surface area contributed by atoms with Gasteiger partial charge in [0, 0.05) is 0 Å². The molecule has 0 heterocycles. The summed E-state index contributed by atoms with van der Waals surface area (Å²) in [6.45, 7) is 0. The molecule has 4 rings (SSSR count). The Morgan fingerprint density at radius 2 is 0.778 bits per heavy atom. The van der Waals surface area contributed by atoms with Gasteiger partial charge in [-0.15, -0.1) is 0 Å². The molecule has 0 radical (unpaired) electrons. The van der Waals surface area contributed by atoms with Crippen molar-refractivity contribution in [2.45, 2.75) is 11.0 Å². The largest absolute Gasteiger partial charge is 0.534 e. The zero-order valence-electron chi connectivity index (χ0n) is 17.6. The summed E-state index contributed by atoms with van der Waals surface area (Å²) in [5.74, 6) is -0.739. The maximum atomic E-state index is 12.1. The summed E-state index contributed by atoms with van der Waals surface area (Å²) in [6, 6.07) is 21.4. The third kappa shape index (κ3) is 6.37. The first kappa shape index (κ1) is 27.1. The van der Waals surface area contributed by atoms with Crippen molar-refractivity contribution in [1.29, 1.82) is 0 Å². The second-order valence-corrected chi connectivity index (χ2v) is 10.1. The number of hydrogen-bond donors (Lipinski definition) is 0. The van der Waals surface area contributed by atoms with Gasteiger partial charge in [-0.2, -0.15) is 43.2 Å². The van der Waals surface area contributed by atoms with Gasteiger partial charge in [0.2, 0.25) is 0 Å². The average Bonchev–Trinajstić information content (AvgIpc) is 2.77. The van der Waals surface area contributed by atoms with Crippen molar-refractivity contribution < 1.29 is 51.5 Å². The van der Waals surface area contributed by atoms with E-state index in [-0.39, 0.29) is 11.5 Å². The Kier molecular flexibility index (Phi) is 7.41. The van der Waals surface area contributed by atoms with Crippen LogP contribution in [0.2, 0.25) is 0 Å². The lowest BCUT2D eigenvalue weighted by Gasteiger charge is -2.09. The molecule has 6 nitrogen and oxygen atoms in total. The third-order valence-electron chi connectivity index (χ3n) is 4.42. The molecular weight excluding hydrogens is 538 g/mol. The Hall–Kier alpha value is -3.52. The third-order valence-corrected chi connectivity index (χ3v) is 6.38. The smallest absolute Gasteiger partial charge is 0.376 e. The van der Waals surface area contributed by atoms with Gasteiger partial charge in [0.05, 0.1) is 0 Å². The van der Waals surface area contributed by atoms with Crippen LogP contribution in [0, 0.1) is 0 Å². The highest BCUT2D eigenvalue weighted by Crippen LogP contribution is 2.30. The highest BCUT2D eigenvalue weighted by atomic mass is 32.2. The number of hydrogen-bond acceptors (Lipinski definition) is 6. The Bertz CT molecular complexity index is 1480. The maximum Gasteiger partial charge on any atom is 0.534 e. The molecule has 14 heteroatoms. The van der Waals surface area contributed by atoms with Crippen molar-refractivity contribution in [3.05, 3.63) is 84.9 Å². The van der Waals surface area contributed by atoms with E-state index in [9.17, 15) is 43.2 Å². The van der Waals surface area contributed by atoms with Crippen LogP contribution in [0.25, 0.3) is 21.5 Å². The van der Waals surface area contributed by atoms with Crippen molar-refractivity contribution in [1.82, 2.24) is 0 Å². The van der Waals surface area contributed by atoms with Crippen LogP contribution in [0.5, 0.6) is 11.5 Å². The minimum Gasteiger partial charge on any atom is -0.376 e. The SMILES string of the molecule is O=S(=O)(Oc1ccc2ccccc2c1)C(F)(F)F.O=S(=O)(Oc1ccc2ccccc2c1)C(F)(F)F. The molecule has 4 aromatic carbocycles. The number of benzene rings is 4. The second kappa shape index (κ2) is 9.85. The van der Waals surface area contributed by atoms with Gasteiger partial charge in [0.15, 0.2) is 0 Å². The quantitative estimate of drug-likeness (QED) is 0.172. The fourth-order valence-electron chi connectivity index (χ4n) is 2.79. The molecular formula is C22H14F6O6S2. The van der Waals surface area contributed by atoms with Gasteiger partial charge in [-0.1, -0.05) is 60.7 Å². The highest BCUT2D eigenvalue weighted by Gasteiger charge is 2.49. The monoisotopic (exact) mass is 552 g/mol. The minimum atomic E-state index is -5.62. The molecule has 0 unspecified atom stereocenters. The first-order valence-corrected chi connectivity index (χ1v) is 12.4. The standard InChI is InChI=1S/2C11H7F3O3S/c2*12-11(13,14)18(15,16)17-10-6-5-8-3-1-2-4-9(8)7-10/h2*1-7H. The van der Waals surface area contributed by atoms with Gasteiger partial charge < -0.3 is 8.37 Å². The van der Waals surface area contributed by atoms with Gasteiger partial charge >= 0.3 is 31.3 Å². The predicted octanol–water partition coefficient (Wildman–Crippen LogP) is 6.14. The van der Waals surface area contributed by atoms with E-state index < -0.39 is 31.3 Å². The Labute approximate surface area is 200 Å². The molecule has 0 saturated heterocycles. The lowest BCUT2D eigenvalue weighted by molar-refractivity contribution is -0.0504. The maximum absolute atomic E-state index is 12.1. The van der Waals surface area contributed by atoms with Crippen LogP contribution < -0.4 is 8.37 Å². The van der Waals surface area contributed by atoms with E-state index in [1.165, 1.54) is 36.4 Å². The normalized spacial score (nSPS) is 12.6. The fraction of sp³-hybridized carbons (Fsp3) is 0.0909. The molecule has 0 aliphatic rings. The molecule has 0 aliphatic heterocycles. The van der Waals surface area contributed by atoms with E-state index in [1.807, 2.05) is 0 Å². The Balaban J connectivity index is 0.000000201. The number of halogens is 6. The van der Waals surface area contributed by atoms with E-state index >= 15 is 0 Å². The summed E-state index contributed by atoms with van der Waals surface area (Å²) >= 11 is 0. The molecule has 0 aromatic heterocycles. The van der Waals surface area contributed by atoms with Crippen LogP contribution in [-0.4, -0.2) is 27.9 Å². The van der Waals surface area contributed by atoms with Crippen molar-refractivity contribution in [2.75, 3.05) is 0 Å². The van der Waals surface area contributed by atoms with Crippen molar-refractivity contribution in [2.24, 2.45) is 0 Å². The average molecular weight is 552 g/mol. The highest BCUT2D eigenvalue weighted by molar-refractivity contribution is 7.88. The summed E-state index contributed by atoms with van der Waals surface area (Å²) in [4.78, 5) is 0. The first-order valence-electron chi connectivity index (χ1n) is 9.58. The molecule has 0 aliphatic carbocycles. The summed E-state index contributed by atoms with van der Waals surface area (Å²) in [6.07, 6.45) is 0. The van der Waals surface area contributed by atoms with Crippen LogP contribution in [0.15, 0.2) is 84.9 Å². The van der Waals surface area contributed by atoms with Crippen molar-refractivity contribution in [3.8, 4) is 11.5 Å². The van der Waals surface area contributed by atoms with E-state index in [2.05, 4.69) is 8.37 Å². The topological polar surface area (TPSA) is 86.7 Å². The molecule has 0 atom stereocenters. The molecule has 4 aromatic rings. The van der Waals surface area contributed by atoms with Gasteiger partial charge in [0.1, 0.15) is 11.5 Å². The molecule has 0 fully saturated rings. The molecule has 0 bridgehead atoms. The van der Waals surface area contributed by atoms with E-state index in [0.717, 1.165) is 10.8 Å². The first-order chi connectivity index (χ1) is 16.6. The summed E-state index contributed by atoms with van der Waals surface area (Å²) < 4.78 is 124. The summed E-state index contributed by atoms with van der Waals surface area (Å²) in [7, 11) is -11.2. The summed E-state index contributed by atoms with van der Waals surface area (Å²) in [5, 5.41) is 2.73. The second-order valence-electron chi connectivity index (χ2n) is 6.98.